The number of hydrogen-bond donors (Lipinski definition) is 1. The summed E-state index contributed by atoms with van der Waals surface area (Å²) in [6.07, 6.45) is 3.64. The fraction of sp³-hybridized carbons (Fsp3) is 1.00. The predicted molar refractivity (Wildman–Crippen MR) is 71.8 cm³/mol. The van der Waals surface area contributed by atoms with Crippen LogP contribution in [-0.2, 0) is 4.74 Å². The molecular formula is C14H31NO. The molecule has 0 aromatic rings. The van der Waals surface area contributed by atoms with Gasteiger partial charge in [-0.1, -0.05) is 27.7 Å². The van der Waals surface area contributed by atoms with Crippen molar-refractivity contribution in [1.29, 1.82) is 0 Å². The topological polar surface area (TPSA) is 21.3 Å². The molecule has 0 amide bonds. The standard InChI is InChI=1S/C14H31NO/c1-6-10-15-12-14(5,13(3)4)9-8-11-16-7-2/h13,15H,6-12H2,1-5H3. The number of ether oxygens (including phenoxy) is 1. The van der Waals surface area contributed by atoms with Gasteiger partial charge in [0.15, 0.2) is 0 Å². The molecule has 0 saturated heterocycles. The first-order chi connectivity index (χ1) is 7.56. The summed E-state index contributed by atoms with van der Waals surface area (Å²) in [5.41, 5.74) is 0.409. The summed E-state index contributed by atoms with van der Waals surface area (Å²) < 4.78 is 5.41. The summed E-state index contributed by atoms with van der Waals surface area (Å²) in [6, 6.07) is 0. The Bertz CT molecular complexity index is 159. The first-order valence-corrected chi connectivity index (χ1v) is 6.85. The fourth-order valence-electron chi connectivity index (χ4n) is 1.85. The van der Waals surface area contributed by atoms with Crippen LogP contribution in [0, 0.1) is 11.3 Å². The van der Waals surface area contributed by atoms with Crippen molar-refractivity contribution in [3.63, 3.8) is 0 Å². The highest BCUT2D eigenvalue weighted by atomic mass is 16.5. The van der Waals surface area contributed by atoms with Crippen LogP contribution in [0.1, 0.15) is 53.9 Å². The van der Waals surface area contributed by atoms with Crippen molar-refractivity contribution in [2.75, 3.05) is 26.3 Å². The van der Waals surface area contributed by atoms with Crippen molar-refractivity contribution in [2.24, 2.45) is 11.3 Å². The molecule has 0 radical (unpaired) electrons. The van der Waals surface area contributed by atoms with E-state index in [1.807, 2.05) is 0 Å². The molecular weight excluding hydrogens is 198 g/mol. The molecule has 0 rings (SSSR count). The molecule has 0 aliphatic heterocycles. The molecule has 0 aliphatic rings. The Kier molecular flexibility index (Phi) is 8.96. The van der Waals surface area contributed by atoms with E-state index in [-0.39, 0.29) is 0 Å². The lowest BCUT2D eigenvalue weighted by molar-refractivity contribution is 0.116. The zero-order chi connectivity index (χ0) is 12.4. The van der Waals surface area contributed by atoms with Crippen molar-refractivity contribution < 1.29 is 4.74 Å². The Labute approximate surface area is 102 Å². The molecule has 0 heterocycles. The summed E-state index contributed by atoms with van der Waals surface area (Å²) in [5.74, 6) is 0.721. The molecule has 16 heavy (non-hydrogen) atoms. The van der Waals surface area contributed by atoms with Gasteiger partial charge in [-0.3, -0.25) is 0 Å². The Morgan fingerprint density at radius 3 is 2.44 bits per heavy atom. The van der Waals surface area contributed by atoms with Gasteiger partial charge in [-0.2, -0.15) is 0 Å². The van der Waals surface area contributed by atoms with Gasteiger partial charge in [0.2, 0.25) is 0 Å². The van der Waals surface area contributed by atoms with Crippen LogP contribution in [0.5, 0.6) is 0 Å². The molecule has 2 nitrogen and oxygen atoms in total. The third-order valence-corrected chi connectivity index (χ3v) is 3.59. The summed E-state index contributed by atoms with van der Waals surface area (Å²) in [5, 5.41) is 3.56. The lowest BCUT2D eigenvalue weighted by Gasteiger charge is -2.34. The molecule has 1 atom stereocenters. The minimum absolute atomic E-state index is 0.409. The molecule has 0 aliphatic carbocycles. The zero-order valence-electron chi connectivity index (χ0n) is 11.9. The van der Waals surface area contributed by atoms with Crippen molar-refractivity contribution in [2.45, 2.75) is 53.9 Å². The van der Waals surface area contributed by atoms with Gasteiger partial charge in [0.05, 0.1) is 0 Å². The van der Waals surface area contributed by atoms with Crippen LogP contribution >= 0.6 is 0 Å². The first-order valence-electron chi connectivity index (χ1n) is 6.85. The van der Waals surface area contributed by atoms with Crippen LogP contribution < -0.4 is 5.32 Å². The molecule has 0 spiro atoms. The molecule has 98 valence electrons. The maximum atomic E-state index is 5.41. The second kappa shape index (κ2) is 9.00. The minimum atomic E-state index is 0.409. The van der Waals surface area contributed by atoms with Crippen LogP contribution in [-0.4, -0.2) is 26.3 Å². The van der Waals surface area contributed by atoms with E-state index in [1.165, 1.54) is 19.3 Å². The zero-order valence-corrected chi connectivity index (χ0v) is 11.9. The van der Waals surface area contributed by atoms with Gasteiger partial charge in [0.1, 0.15) is 0 Å². The Balaban J connectivity index is 3.91. The van der Waals surface area contributed by atoms with E-state index in [0.29, 0.717) is 5.41 Å². The lowest BCUT2D eigenvalue weighted by Crippen LogP contribution is -2.36. The van der Waals surface area contributed by atoms with E-state index in [0.717, 1.165) is 32.2 Å². The van der Waals surface area contributed by atoms with Crippen molar-refractivity contribution in [1.82, 2.24) is 5.32 Å². The van der Waals surface area contributed by atoms with Crippen LogP contribution in [0.3, 0.4) is 0 Å². The van der Waals surface area contributed by atoms with E-state index in [9.17, 15) is 0 Å². The molecule has 1 unspecified atom stereocenters. The normalized spacial score (nSPS) is 15.4. The summed E-state index contributed by atoms with van der Waals surface area (Å²) in [6.45, 7) is 15.3. The van der Waals surface area contributed by atoms with Crippen LogP contribution in [0.4, 0.5) is 0 Å². The SMILES string of the molecule is CCCNCC(C)(CCCOCC)C(C)C. The summed E-state index contributed by atoms with van der Waals surface area (Å²) >= 11 is 0. The quantitative estimate of drug-likeness (QED) is 0.579. The van der Waals surface area contributed by atoms with E-state index in [1.54, 1.807) is 0 Å². The Hall–Kier alpha value is -0.0800. The van der Waals surface area contributed by atoms with Crippen LogP contribution in [0.25, 0.3) is 0 Å². The highest BCUT2D eigenvalue weighted by molar-refractivity contribution is 4.80. The van der Waals surface area contributed by atoms with Crippen LogP contribution in [0.2, 0.25) is 0 Å². The average molecular weight is 229 g/mol. The average Bonchev–Trinajstić information content (AvgIpc) is 2.25. The minimum Gasteiger partial charge on any atom is -0.382 e. The largest absolute Gasteiger partial charge is 0.382 e. The number of hydrogen-bond acceptors (Lipinski definition) is 2. The number of nitrogens with one attached hydrogen (secondary N) is 1. The summed E-state index contributed by atoms with van der Waals surface area (Å²) in [4.78, 5) is 0. The van der Waals surface area contributed by atoms with Gasteiger partial charge < -0.3 is 10.1 Å². The van der Waals surface area contributed by atoms with E-state index < -0.39 is 0 Å². The monoisotopic (exact) mass is 229 g/mol. The molecule has 2 heteroatoms. The van der Waals surface area contributed by atoms with E-state index >= 15 is 0 Å². The van der Waals surface area contributed by atoms with Crippen molar-refractivity contribution in [3.05, 3.63) is 0 Å². The summed E-state index contributed by atoms with van der Waals surface area (Å²) in [7, 11) is 0. The molecule has 0 aromatic heterocycles. The second-order valence-electron chi connectivity index (χ2n) is 5.29. The van der Waals surface area contributed by atoms with E-state index in [4.69, 9.17) is 4.74 Å². The lowest BCUT2D eigenvalue weighted by atomic mass is 9.75. The molecule has 0 saturated carbocycles. The highest BCUT2D eigenvalue weighted by Crippen LogP contribution is 2.31. The maximum absolute atomic E-state index is 5.41. The molecule has 0 bridgehead atoms. The Morgan fingerprint density at radius 2 is 1.94 bits per heavy atom. The third-order valence-electron chi connectivity index (χ3n) is 3.59. The third kappa shape index (κ3) is 6.49. The van der Waals surface area contributed by atoms with Gasteiger partial charge in [-0.15, -0.1) is 0 Å². The van der Waals surface area contributed by atoms with Gasteiger partial charge in [0.25, 0.3) is 0 Å². The van der Waals surface area contributed by atoms with Gasteiger partial charge in [-0.05, 0) is 44.1 Å². The van der Waals surface area contributed by atoms with E-state index in [2.05, 4.69) is 39.9 Å². The highest BCUT2D eigenvalue weighted by Gasteiger charge is 2.27. The predicted octanol–water partition coefficient (Wildman–Crippen LogP) is 3.47. The van der Waals surface area contributed by atoms with Crippen LogP contribution in [0.15, 0.2) is 0 Å². The first kappa shape index (κ1) is 15.9. The maximum Gasteiger partial charge on any atom is 0.0466 e. The van der Waals surface area contributed by atoms with Gasteiger partial charge in [-0.25, -0.2) is 0 Å². The smallest absolute Gasteiger partial charge is 0.0466 e. The van der Waals surface area contributed by atoms with Gasteiger partial charge in [0, 0.05) is 19.8 Å². The fourth-order valence-corrected chi connectivity index (χ4v) is 1.85. The Morgan fingerprint density at radius 1 is 1.25 bits per heavy atom. The van der Waals surface area contributed by atoms with Crippen molar-refractivity contribution in [3.8, 4) is 0 Å². The molecule has 0 aromatic carbocycles. The van der Waals surface area contributed by atoms with Gasteiger partial charge >= 0.3 is 0 Å². The number of rotatable bonds is 10. The molecule has 1 N–H and O–H groups in total. The second-order valence-corrected chi connectivity index (χ2v) is 5.29. The van der Waals surface area contributed by atoms with Crippen molar-refractivity contribution >= 4 is 0 Å². The molecule has 0 fully saturated rings.